The van der Waals surface area contributed by atoms with Crippen LogP contribution < -0.4 is 4.90 Å². The Bertz CT molecular complexity index is 815. The van der Waals surface area contributed by atoms with Crippen LogP contribution in [0.2, 0.25) is 0 Å². The van der Waals surface area contributed by atoms with Gasteiger partial charge in [0.2, 0.25) is 0 Å². The Morgan fingerprint density at radius 2 is 1.29 bits per heavy atom. The fraction of sp³-hybridized carbons (Fsp3) is 0. The van der Waals surface area contributed by atoms with E-state index < -0.39 is 11.8 Å². The van der Waals surface area contributed by atoms with Gasteiger partial charge in [0.1, 0.15) is 5.82 Å². The molecule has 0 saturated carbocycles. The van der Waals surface area contributed by atoms with E-state index in [0.717, 1.165) is 9.37 Å². The molecule has 24 heavy (non-hydrogen) atoms. The van der Waals surface area contributed by atoms with Crippen molar-refractivity contribution in [3.8, 4) is 0 Å². The largest absolute Gasteiger partial charge is 0.268 e. The number of carbonyl (C=O) groups is 2. The zero-order chi connectivity index (χ0) is 16.9. The maximum absolute atomic E-state index is 12.9. The van der Waals surface area contributed by atoms with Gasteiger partial charge < -0.3 is 0 Å². The smallest absolute Gasteiger partial charge is 0.266 e. The summed E-state index contributed by atoms with van der Waals surface area (Å²) >= 11 is 3.35. The van der Waals surface area contributed by atoms with Gasteiger partial charge in [0.25, 0.3) is 11.8 Å². The average molecular weight is 381 g/mol. The first-order valence-corrected chi connectivity index (χ1v) is 8.06. The molecular weight excluding hydrogens is 368 g/mol. The Kier molecular flexibility index (Phi) is 4.82. The fourth-order valence-electron chi connectivity index (χ4n) is 2.24. The standard InChI is InChI=1S/C19H13BrN2O2/c20-16-11-12-21-17(13-16)22(18(23)14-7-3-1-4-8-14)19(24)15-9-5-2-6-10-15/h1-13H. The van der Waals surface area contributed by atoms with Crippen molar-refractivity contribution in [1.29, 1.82) is 0 Å². The molecule has 3 aromatic rings. The summed E-state index contributed by atoms with van der Waals surface area (Å²) in [5, 5.41) is 0. The molecule has 1 heterocycles. The van der Waals surface area contributed by atoms with Crippen molar-refractivity contribution < 1.29 is 9.59 Å². The lowest BCUT2D eigenvalue weighted by molar-refractivity contribution is 0.0896. The van der Waals surface area contributed by atoms with Gasteiger partial charge in [-0.15, -0.1) is 0 Å². The highest BCUT2D eigenvalue weighted by molar-refractivity contribution is 9.10. The van der Waals surface area contributed by atoms with Gasteiger partial charge in [0.05, 0.1) is 0 Å². The minimum absolute atomic E-state index is 0.270. The number of nitrogens with zero attached hydrogens (tertiary/aromatic N) is 2. The number of amides is 2. The van der Waals surface area contributed by atoms with E-state index >= 15 is 0 Å². The average Bonchev–Trinajstić information content (AvgIpc) is 2.63. The number of carbonyl (C=O) groups excluding carboxylic acids is 2. The topological polar surface area (TPSA) is 50.3 Å². The van der Waals surface area contributed by atoms with Crippen molar-refractivity contribution in [2.24, 2.45) is 0 Å². The first-order chi connectivity index (χ1) is 11.7. The molecule has 5 heteroatoms. The summed E-state index contributed by atoms with van der Waals surface area (Å²) in [5.41, 5.74) is 0.840. The molecule has 0 spiro atoms. The second-order valence-corrected chi connectivity index (χ2v) is 5.93. The maximum atomic E-state index is 12.9. The lowest BCUT2D eigenvalue weighted by atomic mass is 10.1. The molecule has 2 amide bonds. The molecule has 118 valence electrons. The van der Waals surface area contributed by atoms with Crippen molar-refractivity contribution in [2.45, 2.75) is 0 Å². The Morgan fingerprint density at radius 3 is 1.75 bits per heavy atom. The number of rotatable bonds is 3. The number of benzene rings is 2. The van der Waals surface area contributed by atoms with Crippen LogP contribution in [0.5, 0.6) is 0 Å². The van der Waals surface area contributed by atoms with Gasteiger partial charge in [-0.1, -0.05) is 52.3 Å². The lowest BCUT2D eigenvalue weighted by Gasteiger charge is -2.20. The van der Waals surface area contributed by atoms with Crippen LogP contribution in [-0.4, -0.2) is 16.8 Å². The summed E-state index contributed by atoms with van der Waals surface area (Å²) in [7, 11) is 0. The SMILES string of the molecule is O=C(c1ccccc1)N(C(=O)c1ccccc1)c1cc(Br)ccn1. The molecule has 0 aliphatic heterocycles. The monoisotopic (exact) mass is 380 g/mol. The summed E-state index contributed by atoms with van der Waals surface area (Å²) < 4.78 is 0.735. The Balaban J connectivity index is 2.08. The van der Waals surface area contributed by atoms with E-state index in [1.165, 1.54) is 0 Å². The summed E-state index contributed by atoms with van der Waals surface area (Å²) in [4.78, 5) is 31.1. The summed E-state index contributed by atoms with van der Waals surface area (Å²) in [6.45, 7) is 0. The van der Waals surface area contributed by atoms with E-state index in [2.05, 4.69) is 20.9 Å². The third kappa shape index (κ3) is 3.41. The molecule has 2 aromatic carbocycles. The number of hydrogen-bond donors (Lipinski definition) is 0. The van der Waals surface area contributed by atoms with Gasteiger partial charge in [0, 0.05) is 21.8 Å². The predicted molar refractivity (Wildman–Crippen MR) is 96.0 cm³/mol. The van der Waals surface area contributed by atoms with Crippen molar-refractivity contribution in [3.05, 3.63) is 94.6 Å². The predicted octanol–water partition coefficient (Wildman–Crippen LogP) is 4.33. The van der Waals surface area contributed by atoms with E-state index in [0.29, 0.717) is 11.1 Å². The third-order valence-corrected chi connectivity index (χ3v) is 3.88. The summed E-state index contributed by atoms with van der Waals surface area (Å²) in [6.07, 6.45) is 1.54. The molecule has 0 radical (unpaired) electrons. The maximum Gasteiger partial charge on any atom is 0.266 e. The number of aromatic nitrogens is 1. The van der Waals surface area contributed by atoms with Crippen LogP contribution in [0.1, 0.15) is 20.7 Å². The number of hydrogen-bond acceptors (Lipinski definition) is 3. The second-order valence-electron chi connectivity index (χ2n) is 5.01. The molecular formula is C19H13BrN2O2. The molecule has 0 saturated heterocycles. The van der Waals surface area contributed by atoms with Gasteiger partial charge >= 0.3 is 0 Å². The van der Waals surface area contributed by atoms with Crippen LogP contribution in [0.4, 0.5) is 5.82 Å². The van der Waals surface area contributed by atoms with Gasteiger partial charge in [-0.3, -0.25) is 9.59 Å². The van der Waals surface area contributed by atoms with Gasteiger partial charge in [0.15, 0.2) is 0 Å². The number of anilines is 1. The van der Waals surface area contributed by atoms with Gasteiger partial charge in [-0.25, -0.2) is 9.88 Å². The number of imide groups is 1. The molecule has 0 N–H and O–H groups in total. The van der Waals surface area contributed by atoms with Crippen molar-refractivity contribution >= 4 is 33.6 Å². The molecule has 0 fully saturated rings. The highest BCUT2D eigenvalue weighted by Gasteiger charge is 2.27. The third-order valence-electron chi connectivity index (χ3n) is 3.38. The fourth-order valence-corrected chi connectivity index (χ4v) is 2.56. The van der Waals surface area contributed by atoms with Crippen LogP contribution in [0.3, 0.4) is 0 Å². The Hall–Kier alpha value is -2.79. The van der Waals surface area contributed by atoms with Gasteiger partial charge in [-0.2, -0.15) is 0 Å². The molecule has 0 unspecified atom stereocenters. The molecule has 0 atom stereocenters. The minimum atomic E-state index is -0.421. The lowest BCUT2D eigenvalue weighted by Crippen LogP contribution is -2.37. The van der Waals surface area contributed by atoms with Crippen molar-refractivity contribution in [1.82, 2.24) is 4.98 Å². The van der Waals surface area contributed by atoms with Crippen molar-refractivity contribution in [2.75, 3.05) is 4.90 Å². The first kappa shape index (κ1) is 16.1. The quantitative estimate of drug-likeness (QED) is 0.635. The molecule has 0 aliphatic carbocycles. The normalized spacial score (nSPS) is 10.2. The number of halogens is 1. The van der Waals surface area contributed by atoms with E-state index in [9.17, 15) is 9.59 Å². The van der Waals surface area contributed by atoms with E-state index in [1.807, 2.05) is 12.1 Å². The molecule has 1 aromatic heterocycles. The highest BCUT2D eigenvalue weighted by atomic mass is 79.9. The van der Waals surface area contributed by atoms with E-state index in [1.54, 1.807) is 66.9 Å². The Morgan fingerprint density at radius 1 is 0.792 bits per heavy atom. The summed E-state index contributed by atoms with van der Waals surface area (Å²) in [5.74, 6) is -0.572. The number of pyridine rings is 1. The zero-order valence-corrected chi connectivity index (χ0v) is 14.2. The summed E-state index contributed by atoms with van der Waals surface area (Å²) in [6, 6.07) is 20.7. The molecule has 0 aliphatic rings. The van der Waals surface area contributed by atoms with E-state index in [4.69, 9.17) is 0 Å². The first-order valence-electron chi connectivity index (χ1n) is 7.27. The van der Waals surface area contributed by atoms with Crippen LogP contribution in [-0.2, 0) is 0 Å². The van der Waals surface area contributed by atoms with Crippen LogP contribution in [0, 0.1) is 0 Å². The highest BCUT2D eigenvalue weighted by Crippen LogP contribution is 2.21. The van der Waals surface area contributed by atoms with Crippen LogP contribution >= 0.6 is 15.9 Å². The molecule has 4 nitrogen and oxygen atoms in total. The van der Waals surface area contributed by atoms with Crippen molar-refractivity contribution in [3.63, 3.8) is 0 Å². The van der Waals surface area contributed by atoms with E-state index in [-0.39, 0.29) is 5.82 Å². The van der Waals surface area contributed by atoms with Crippen LogP contribution in [0.25, 0.3) is 0 Å². The zero-order valence-electron chi connectivity index (χ0n) is 12.6. The molecule has 0 bridgehead atoms. The second kappa shape index (κ2) is 7.19. The Labute approximate surface area is 147 Å². The van der Waals surface area contributed by atoms with Gasteiger partial charge in [-0.05, 0) is 36.4 Å². The molecule has 3 rings (SSSR count). The minimum Gasteiger partial charge on any atom is -0.268 e. The van der Waals surface area contributed by atoms with Crippen LogP contribution in [0.15, 0.2) is 83.5 Å².